The highest BCUT2D eigenvalue weighted by Crippen LogP contribution is 2.36. The normalized spacial score (nSPS) is 14.7. The van der Waals surface area contributed by atoms with Crippen LogP contribution in [0.15, 0.2) is 34.2 Å². The average Bonchev–Trinajstić information content (AvgIpc) is 2.50. The molecule has 0 bridgehead atoms. The van der Waals surface area contributed by atoms with Crippen LogP contribution in [-0.4, -0.2) is 24.3 Å². The Hall–Kier alpha value is -1.67. The summed E-state index contributed by atoms with van der Waals surface area (Å²) in [5.41, 5.74) is 0.116. The van der Waals surface area contributed by atoms with Crippen LogP contribution in [0.3, 0.4) is 0 Å². The molecule has 1 N–H and O–H groups in total. The zero-order chi connectivity index (χ0) is 17.7. The number of rotatable bonds is 4. The number of alkyl halides is 3. The second kappa shape index (κ2) is 7.94. The van der Waals surface area contributed by atoms with Gasteiger partial charge in [-0.2, -0.15) is 13.2 Å². The van der Waals surface area contributed by atoms with Crippen LogP contribution < -0.4 is 5.32 Å². The quantitative estimate of drug-likeness (QED) is 0.771. The summed E-state index contributed by atoms with van der Waals surface area (Å²) in [5, 5.41) is 4.64. The summed E-state index contributed by atoms with van der Waals surface area (Å²) in [6.07, 6.45) is -4.38. The first-order valence-electron chi connectivity index (χ1n) is 6.98. The molecular formula is C15H14ClF3N2O2S. The Bertz CT molecular complexity index is 690. The maximum Gasteiger partial charge on any atom is 0.417 e. The van der Waals surface area contributed by atoms with E-state index in [0.29, 0.717) is 11.8 Å². The molecule has 1 aliphatic heterocycles. The third kappa shape index (κ3) is 5.17. The zero-order valence-electron chi connectivity index (χ0n) is 12.6. The molecule has 0 radical (unpaired) electrons. The van der Waals surface area contributed by atoms with Gasteiger partial charge in [0, 0.05) is 5.69 Å². The maximum absolute atomic E-state index is 12.8. The van der Waals surface area contributed by atoms with Crippen molar-refractivity contribution in [2.75, 3.05) is 18.5 Å². The lowest BCUT2D eigenvalue weighted by atomic mass is 10.2. The Morgan fingerprint density at radius 2 is 2.21 bits per heavy atom. The second-order valence-electron chi connectivity index (χ2n) is 4.81. The van der Waals surface area contributed by atoms with Gasteiger partial charge in [-0.15, -0.1) is 0 Å². The highest BCUT2D eigenvalue weighted by molar-refractivity contribution is 8.16. The molecule has 0 spiro atoms. The minimum Gasteiger partial charge on any atom is -0.466 e. The van der Waals surface area contributed by atoms with Gasteiger partial charge in [-0.05, 0) is 36.1 Å². The van der Waals surface area contributed by atoms with Crippen molar-refractivity contribution < 1.29 is 22.7 Å². The van der Waals surface area contributed by atoms with Gasteiger partial charge in [0.15, 0.2) is 5.17 Å². The summed E-state index contributed by atoms with van der Waals surface area (Å²) in [6, 6.07) is 3.56. The molecule has 0 aromatic heterocycles. The molecule has 0 amide bonds. The van der Waals surface area contributed by atoms with Gasteiger partial charge in [0.2, 0.25) is 0 Å². The summed E-state index contributed by atoms with van der Waals surface area (Å²) in [7, 11) is 0. The lowest BCUT2D eigenvalue weighted by molar-refractivity contribution is -0.142. The first-order chi connectivity index (χ1) is 11.3. The topological polar surface area (TPSA) is 50.7 Å². The second-order valence-corrected chi connectivity index (χ2v) is 6.08. The first-order valence-corrected chi connectivity index (χ1v) is 8.23. The van der Waals surface area contributed by atoms with Gasteiger partial charge in [-0.3, -0.25) is 9.79 Å². The van der Waals surface area contributed by atoms with Gasteiger partial charge in [0.1, 0.15) is 0 Å². The zero-order valence-corrected chi connectivity index (χ0v) is 14.2. The van der Waals surface area contributed by atoms with Crippen LogP contribution in [-0.2, 0) is 15.7 Å². The monoisotopic (exact) mass is 378 g/mol. The van der Waals surface area contributed by atoms with Crippen LogP contribution in [0.25, 0.3) is 0 Å². The van der Waals surface area contributed by atoms with Crippen LogP contribution in [0.1, 0.15) is 18.9 Å². The molecule has 1 aromatic carbocycles. The number of ether oxygens (including phenoxy) is 1. The van der Waals surface area contributed by atoms with E-state index >= 15 is 0 Å². The molecule has 0 aliphatic carbocycles. The third-order valence-corrected chi connectivity index (χ3v) is 4.20. The van der Waals surface area contributed by atoms with Crippen molar-refractivity contribution >= 4 is 40.2 Å². The highest BCUT2D eigenvalue weighted by atomic mass is 35.5. The van der Waals surface area contributed by atoms with Crippen molar-refractivity contribution in [2.24, 2.45) is 4.99 Å². The SMILES string of the molecule is CCOC(=O)CC1=CSC(Nc2ccc(Cl)c(C(F)(F)F)c2)=NC1. The Morgan fingerprint density at radius 1 is 1.46 bits per heavy atom. The molecule has 1 aromatic rings. The number of amidine groups is 1. The van der Waals surface area contributed by atoms with Crippen LogP contribution in [0, 0.1) is 0 Å². The van der Waals surface area contributed by atoms with Crippen LogP contribution in [0.4, 0.5) is 18.9 Å². The summed E-state index contributed by atoms with van der Waals surface area (Å²) < 4.78 is 43.4. The van der Waals surface area contributed by atoms with Gasteiger partial charge in [-0.25, -0.2) is 0 Å². The van der Waals surface area contributed by atoms with Gasteiger partial charge < -0.3 is 10.1 Å². The number of hydrogen-bond acceptors (Lipinski definition) is 5. The predicted molar refractivity (Wildman–Crippen MR) is 89.3 cm³/mol. The molecule has 2 rings (SSSR count). The minimum atomic E-state index is -4.52. The molecule has 0 atom stereocenters. The molecule has 0 saturated heterocycles. The third-order valence-electron chi connectivity index (χ3n) is 2.96. The Labute approximate surface area is 146 Å². The van der Waals surface area contributed by atoms with Crippen molar-refractivity contribution in [1.82, 2.24) is 0 Å². The number of hydrogen-bond donors (Lipinski definition) is 1. The maximum atomic E-state index is 12.8. The number of halogens is 4. The number of nitrogens with one attached hydrogen (secondary N) is 1. The van der Waals surface area contributed by atoms with Crippen LogP contribution >= 0.6 is 23.4 Å². The number of carbonyl (C=O) groups excluding carboxylic acids is 1. The van der Waals surface area contributed by atoms with E-state index in [9.17, 15) is 18.0 Å². The number of anilines is 1. The fourth-order valence-electron chi connectivity index (χ4n) is 1.89. The van der Waals surface area contributed by atoms with E-state index in [1.165, 1.54) is 23.9 Å². The number of carbonyl (C=O) groups is 1. The minimum absolute atomic E-state index is 0.150. The molecule has 1 aliphatic rings. The first kappa shape index (κ1) is 18.7. The Balaban J connectivity index is 1.99. The number of thioether (sulfide) groups is 1. The van der Waals surface area contributed by atoms with E-state index in [0.717, 1.165) is 11.6 Å². The Kier molecular flexibility index (Phi) is 6.17. The molecule has 0 unspecified atom stereocenters. The number of esters is 1. The number of benzene rings is 1. The highest BCUT2D eigenvalue weighted by Gasteiger charge is 2.33. The van der Waals surface area contributed by atoms with Gasteiger partial charge in [0.25, 0.3) is 0 Å². The van der Waals surface area contributed by atoms with Gasteiger partial charge in [0.05, 0.1) is 30.2 Å². The fourth-order valence-corrected chi connectivity index (χ4v) is 2.87. The summed E-state index contributed by atoms with van der Waals surface area (Å²) >= 11 is 6.78. The molecule has 1 heterocycles. The van der Waals surface area contributed by atoms with E-state index in [2.05, 4.69) is 10.3 Å². The molecule has 24 heavy (non-hydrogen) atoms. The summed E-state index contributed by atoms with van der Waals surface area (Å²) in [4.78, 5) is 15.6. The van der Waals surface area contributed by atoms with E-state index < -0.39 is 11.7 Å². The van der Waals surface area contributed by atoms with E-state index in [4.69, 9.17) is 16.3 Å². The molecule has 130 valence electrons. The lowest BCUT2D eigenvalue weighted by Gasteiger charge is -2.15. The fraction of sp³-hybridized carbons (Fsp3) is 0.333. The standard InChI is InChI=1S/C15H14ClF3N2O2S/c1-2-23-13(22)5-9-7-20-14(24-8-9)21-10-3-4-12(16)11(6-10)15(17,18)19/h3-4,6,8H,2,5,7H2,1H3,(H,20,21). The lowest BCUT2D eigenvalue weighted by Crippen LogP contribution is -2.14. The van der Waals surface area contributed by atoms with Crippen molar-refractivity contribution in [1.29, 1.82) is 0 Å². The van der Waals surface area contributed by atoms with Gasteiger partial charge >= 0.3 is 12.1 Å². The van der Waals surface area contributed by atoms with Crippen molar-refractivity contribution in [2.45, 2.75) is 19.5 Å². The Morgan fingerprint density at radius 3 is 2.79 bits per heavy atom. The number of nitrogens with zero attached hydrogens (tertiary/aromatic N) is 1. The molecule has 4 nitrogen and oxygen atoms in total. The molecule has 9 heteroatoms. The number of aliphatic imine (C=N–C) groups is 1. The van der Waals surface area contributed by atoms with Gasteiger partial charge in [-0.1, -0.05) is 23.4 Å². The van der Waals surface area contributed by atoms with Crippen molar-refractivity contribution in [3.8, 4) is 0 Å². The van der Waals surface area contributed by atoms with E-state index in [1.54, 1.807) is 12.3 Å². The van der Waals surface area contributed by atoms with E-state index in [-0.39, 0.29) is 29.6 Å². The van der Waals surface area contributed by atoms with Crippen LogP contribution in [0.2, 0.25) is 5.02 Å². The largest absolute Gasteiger partial charge is 0.466 e. The predicted octanol–water partition coefficient (Wildman–Crippen LogP) is 4.71. The molecule has 0 fully saturated rings. The van der Waals surface area contributed by atoms with Crippen molar-refractivity contribution in [3.63, 3.8) is 0 Å². The van der Waals surface area contributed by atoms with Crippen molar-refractivity contribution in [3.05, 3.63) is 39.8 Å². The molecular weight excluding hydrogens is 365 g/mol. The smallest absolute Gasteiger partial charge is 0.417 e. The summed E-state index contributed by atoms with van der Waals surface area (Å²) in [5.74, 6) is -0.330. The molecule has 0 saturated carbocycles. The van der Waals surface area contributed by atoms with E-state index in [1.807, 2.05) is 0 Å². The average molecular weight is 379 g/mol. The summed E-state index contributed by atoms with van der Waals surface area (Å²) in [6.45, 7) is 2.32. The van der Waals surface area contributed by atoms with Crippen LogP contribution in [0.5, 0.6) is 0 Å².